The number of fused-ring (bicyclic) bond motifs is 2. The molecule has 5 heteroatoms. The van der Waals surface area contributed by atoms with E-state index < -0.39 is 0 Å². The maximum atomic E-state index is 12.1. The normalized spacial score (nSPS) is 11.6. The summed E-state index contributed by atoms with van der Waals surface area (Å²) in [4.78, 5) is 16.1. The Labute approximate surface area is 142 Å². The predicted octanol–water partition coefficient (Wildman–Crippen LogP) is 4.95. The molecule has 23 heavy (non-hydrogen) atoms. The molecule has 1 amide bonds. The van der Waals surface area contributed by atoms with E-state index in [0.29, 0.717) is 0 Å². The number of amides is 1. The van der Waals surface area contributed by atoms with E-state index in [9.17, 15) is 4.79 Å². The van der Waals surface area contributed by atoms with E-state index in [1.807, 2.05) is 52.2 Å². The van der Waals surface area contributed by atoms with Gasteiger partial charge in [-0.25, -0.2) is 0 Å². The molecule has 3 rings (SSSR count). The number of nitrogens with one attached hydrogen (secondary N) is 2. The third-order valence-corrected chi connectivity index (χ3v) is 4.61. The molecule has 4 nitrogen and oxygen atoms in total. The second-order valence-corrected chi connectivity index (χ2v) is 5.91. The summed E-state index contributed by atoms with van der Waals surface area (Å²) < 4.78 is 0. The zero-order chi connectivity index (χ0) is 17.0. The number of carbonyl (C=O) groups excluding carboxylic acids is 1. The van der Waals surface area contributed by atoms with E-state index in [2.05, 4.69) is 22.8 Å². The van der Waals surface area contributed by atoms with Gasteiger partial charge in [0.25, 0.3) is 0 Å². The highest BCUT2D eigenvalue weighted by Crippen LogP contribution is 2.49. The summed E-state index contributed by atoms with van der Waals surface area (Å²) in [5.41, 5.74) is 3.96. The molecule has 1 aliphatic heterocycles. The number of rotatable bonds is 2. The van der Waals surface area contributed by atoms with Crippen LogP contribution in [-0.4, -0.2) is 20.0 Å². The van der Waals surface area contributed by atoms with Crippen LogP contribution < -0.4 is 15.5 Å². The third kappa shape index (κ3) is 3.29. The lowest BCUT2D eigenvalue weighted by atomic mass is 10.2. The van der Waals surface area contributed by atoms with E-state index in [0.717, 1.165) is 32.5 Å². The molecular formula is C18H23N3OS. The van der Waals surface area contributed by atoms with E-state index >= 15 is 0 Å². The molecule has 2 aromatic carbocycles. The van der Waals surface area contributed by atoms with Gasteiger partial charge in [-0.05, 0) is 36.4 Å². The van der Waals surface area contributed by atoms with Gasteiger partial charge in [-0.15, -0.1) is 0 Å². The predicted molar refractivity (Wildman–Crippen MR) is 100 cm³/mol. The van der Waals surface area contributed by atoms with E-state index in [-0.39, 0.29) is 5.91 Å². The van der Waals surface area contributed by atoms with Gasteiger partial charge in [-0.1, -0.05) is 25.6 Å². The summed E-state index contributed by atoms with van der Waals surface area (Å²) in [5.74, 6) is 0.0206. The van der Waals surface area contributed by atoms with Crippen LogP contribution in [0.2, 0.25) is 0 Å². The minimum atomic E-state index is 0.0206. The lowest BCUT2D eigenvalue weighted by Crippen LogP contribution is -2.25. The molecule has 1 aliphatic rings. The molecule has 0 aromatic heterocycles. The topological polar surface area (TPSA) is 44.4 Å². The maximum absolute atomic E-state index is 12.1. The first-order valence-electron chi connectivity index (χ1n) is 7.76. The van der Waals surface area contributed by atoms with Crippen molar-refractivity contribution in [3.05, 3.63) is 36.4 Å². The smallest absolute Gasteiger partial charge is 0.228 e. The van der Waals surface area contributed by atoms with Crippen molar-refractivity contribution in [3.63, 3.8) is 0 Å². The van der Waals surface area contributed by atoms with Crippen LogP contribution in [0, 0.1) is 0 Å². The molecule has 0 bridgehead atoms. The molecule has 1 heterocycles. The van der Waals surface area contributed by atoms with Gasteiger partial charge < -0.3 is 10.6 Å². The van der Waals surface area contributed by atoms with Crippen LogP contribution in [0.5, 0.6) is 0 Å². The second-order valence-electron chi connectivity index (χ2n) is 4.82. The maximum Gasteiger partial charge on any atom is 0.228 e. The van der Waals surface area contributed by atoms with Gasteiger partial charge in [-0.3, -0.25) is 9.69 Å². The molecule has 0 saturated carbocycles. The molecule has 122 valence electrons. The van der Waals surface area contributed by atoms with Crippen molar-refractivity contribution in [1.29, 1.82) is 0 Å². The lowest BCUT2D eigenvalue weighted by Gasteiger charge is -2.31. The Balaban J connectivity index is 0.000000924. The SMILES string of the molecule is CC.CNc1ccc2c(c1)Sc1cc(NC)ccc1N2C(C)=O. The van der Waals surface area contributed by atoms with Gasteiger partial charge >= 0.3 is 0 Å². The van der Waals surface area contributed by atoms with Gasteiger partial charge in [0.1, 0.15) is 0 Å². The van der Waals surface area contributed by atoms with Crippen LogP contribution in [0.4, 0.5) is 22.7 Å². The van der Waals surface area contributed by atoms with Gasteiger partial charge in [-0.2, -0.15) is 0 Å². The molecule has 0 saturated heterocycles. The molecule has 0 atom stereocenters. The van der Waals surface area contributed by atoms with Crippen LogP contribution in [-0.2, 0) is 4.79 Å². The van der Waals surface area contributed by atoms with Crippen molar-refractivity contribution in [2.75, 3.05) is 29.6 Å². The largest absolute Gasteiger partial charge is 0.388 e. The quantitative estimate of drug-likeness (QED) is 0.818. The Kier molecular flexibility index (Phi) is 5.55. The number of hydrogen-bond acceptors (Lipinski definition) is 4. The number of hydrogen-bond donors (Lipinski definition) is 2. The van der Waals surface area contributed by atoms with Crippen LogP contribution in [0.1, 0.15) is 20.8 Å². The standard InChI is InChI=1S/C16H17N3OS.C2H6/c1-10(20)19-13-6-4-11(17-2)8-15(13)21-16-9-12(18-3)5-7-14(16)19;1-2/h4-9,17-18H,1-3H3;1-2H3. The molecule has 0 unspecified atom stereocenters. The highest BCUT2D eigenvalue weighted by molar-refractivity contribution is 7.99. The number of carbonyl (C=O) groups is 1. The molecule has 2 aromatic rings. The fourth-order valence-corrected chi connectivity index (χ4v) is 3.60. The Morgan fingerprint density at radius 1 is 0.913 bits per heavy atom. The van der Waals surface area contributed by atoms with E-state index in [1.54, 1.807) is 23.6 Å². The van der Waals surface area contributed by atoms with Crippen molar-refractivity contribution < 1.29 is 4.79 Å². The van der Waals surface area contributed by atoms with Gasteiger partial charge in [0.2, 0.25) is 5.91 Å². The second kappa shape index (κ2) is 7.42. The van der Waals surface area contributed by atoms with E-state index in [1.165, 1.54) is 0 Å². The van der Waals surface area contributed by atoms with Gasteiger partial charge in [0, 0.05) is 42.2 Å². The number of benzene rings is 2. The summed E-state index contributed by atoms with van der Waals surface area (Å²) in [7, 11) is 3.79. The van der Waals surface area contributed by atoms with Crippen molar-refractivity contribution in [1.82, 2.24) is 0 Å². The number of nitrogens with zero attached hydrogens (tertiary/aromatic N) is 1. The fraction of sp³-hybridized carbons (Fsp3) is 0.278. The summed E-state index contributed by atoms with van der Waals surface area (Å²) in [6.45, 7) is 5.60. The summed E-state index contributed by atoms with van der Waals surface area (Å²) in [6, 6.07) is 12.1. The third-order valence-electron chi connectivity index (χ3n) is 3.51. The van der Waals surface area contributed by atoms with Crippen molar-refractivity contribution in [2.24, 2.45) is 0 Å². The fourth-order valence-electron chi connectivity index (χ4n) is 2.46. The molecule has 2 N–H and O–H groups in total. The Bertz CT molecular complexity index is 662. The van der Waals surface area contributed by atoms with Gasteiger partial charge in [0.05, 0.1) is 11.4 Å². The molecule has 0 fully saturated rings. The average molecular weight is 329 g/mol. The van der Waals surface area contributed by atoms with Crippen molar-refractivity contribution >= 4 is 40.4 Å². The minimum absolute atomic E-state index is 0.0206. The van der Waals surface area contributed by atoms with Crippen LogP contribution >= 0.6 is 11.8 Å². The van der Waals surface area contributed by atoms with Crippen LogP contribution in [0.15, 0.2) is 46.2 Å². The number of anilines is 4. The van der Waals surface area contributed by atoms with Crippen LogP contribution in [0.3, 0.4) is 0 Å². The lowest BCUT2D eigenvalue weighted by molar-refractivity contribution is -0.115. The summed E-state index contributed by atoms with van der Waals surface area (Å²) in [5, 5.41) is 6.28. The first-order valence-corrected chi connectivity index (χ1v) is 8.58. The average Bonchev–Trinajstić information content (AvgIpc) is 2.59. The first kappa shape index (κ1) is 17.2. The molecule has 0 aliphatic carbocycles. The Morgan fingerprint density at radius 3 is 1.70 bits per heavy atom. The molecular weight excluding hydrogens is 306 g/mol. The Hall–Kier alpha value is -2.14. The summed E-state index contributed by atoms with van der Waals surface area (Å²) in [6.07, 6.45) is 0. The summed E-state index contributed by atoms with van der Waals surface area (Å²) >= 11 is 1.69. The Morgan fingerprint density at radius 2 is 1.35 bits per heavy atom. The zero-order valence-electron chi connectivity index (χ0n) is 14.2. The van der Waals surface area contributed by atoms with Crippen molar-refractivity contribution in [3.8, 4) is 0 Å². The molecule has 0 spiro atoms. The minimum Gasteiger partial charge on any atom is -0.388 e. The highest BCUT2D eigenvalue weighted by atomic mass is 32.2. The zero-order valence-corrected chi connectivity index (χ0v) is 15.0. The van der Waals surface area contributed by atoms with Gasteiger partial charge in [0.15, 0.2) is 0 Å². The highest BCUT2D eigenvalue weighted by Gasteiger charge is 2.26. The molecule has 0 radical (unpaired) electrons. The first-order chi connectivity index (χ1) is 11.1. The van der Waals surface area contributed by atoms with Crippen LogP contribution in [0.25, 0.3) is 0 Å². The van der Waals surface area contributed by atoms with E-state index in [4.69, 9.17) is 0 Å². The monoisotopic (exact) mass is 329 g/mol. The van der Waals surface area contributed by atoms with Crippen molar-refractivity contribution in [2.45, 2.75) is 30.6 Å².